The number of fused-ring (bicyclic) bond motifs is 1. The molecular weight excluding hydrogens is 208 g/mol. The third-order valence-corrected chi connectivity index (χ3v) is 3.84. The average Bonchev–Trinajstić information content (AvgIpc) is 2.35. The summed E-state index contributed by atoms with van der Waals surface area (Å²) in [6, 6.07) is 9.63. The van der Waals surface area contributed by atoms with Gasteiger partial charge in [-0.15, -0.1) is 0 Å². The first-order chi connectivity index (χ1) is 8.16. The largest absolute Gasteiger partial charge is 0.308 e. The number of hydrogen-bond acceptors (Lipinski definition) is 2. The normalized spacial score (nSPS) is 19.7. The van der Waals surface area contributed by atoms with Crippen LogP contribution in [0.15, 0.2) is 24.3 Å². The van der Waals surface area contributed by atoms with E-state index in [0.717, 1.165) is 12.6 Å². The summed E-state index contributed by atoms with van der Waals surface area (Å²) in [6.45, 7) is 2.31. The standard InChI is InChI=1S/C15H24N2/c1-16(2)10-11-17(3)15-9-8-13-6-4-5-7-14(13)12-15/h4-7,15H,8-12H2,1-3H3. The fraction of sp³-hybridized carbons (Fsp3) is 0.600. The molecule has 0 heterocycles. The molecule has 0 bridgehead atoms. The third-order valence-electron chi connectivity index (χ3n) is 3.84. The molecule has 0 radical (unpaired) electrons. The second-order valence-corrected chi connectivity index (χ2v) is 5.45. The number of hydrogen-bond donors (Lipinski definition) is 0. The van der Waals surface area contributed by atoms with Crippen LogP contribution in [0.4, 0.5) is 0 Å². The van der Waals surface area contributed by atoms with E-state index in [-0.39, 0.29) is 0 Å². The Hall–Kier alpha value is -0.860. The summed E-state index contributed by atoms with van der Waals surface area (Å²) in [6.07, 6.45) is 3.77. The van der Waals surface area contributed by atoms with Crippen LogP contribution in [0.3, 0.4) is 0 Å². The van der Waals surface area contributed by atoms with Gasteiger partial charge in [-0.1, -0.05) is 24.3 Å². The van der Waals surface area contributed by atoms with E-state index < -0.39 is 0 Å². The molecule has 1 aliphatic rings. The summed E-state index contributed by atoms with van der Waals surface area (Å²) in [5, 5.41) is 0. The molecule has 1 aromatic carbocycles. The minimum absolute atomic E-state index is 0.727. The Morgan fingerprint density at radius 2 is 1.76 bits per heavy atom. The van der Waals surface area contributed by atoms with Crippen LogP contribution in [-0.2, 0) is 12.8 Å². The average molecular weight is 232 g/mol. The van der Waals surface area contributed by atoms with Crippen molar-refractivity contribution in [3.8, 4) is 0 Å². The highest BCUT2D eigenvalue weighted by atomic mass is 15.2. The molecule has 1 aliphatic carbocycles. The predicted octanol–water partition coefficient (Wildman–Crippen LogP) is 2.04. The summed E-state index contributed by atoms with van der Waals surface area (Å²) in [4.78, 5) is 4.78. The molecule has 2 rings (SSSR count). The summed E-state index contributed by atoms with van der Waals surface area (Å²) in [5.41, 5.74) is 3.12. The summed E-state index contributed by atoms with van der Waals surface area (Å²) >= 11 is 0. The number of nitrogens with zero attached hydrogens (tertiary/aromatic N) is 2. The van der Waals surface area contributed by atoms with Crippen LogP contribution < -0.4 is 0 Å². The molecule has 0 saturated heterocycles. The van der Waals surface area contributed by atoms with Gasteiger partial charge in [-0.25, -0.2) is 0 Å². The zero-order valence-electron chi connectivity index (χ0n) is 11.3. The van der Waals surface area contributed by atoms with E-state index in [1.807, 2.05) is 0 Å². The topological polar surface area (TPSA) is 6.48 Å². The number of benzene rings is 1. The zero-order chi connectivity index (χ0) is 12.3. The van der Waals surface area contributed by atoms with E-state index in [9.17, 15) is 0 Å². The Bertz CT molecular complexity index is 360. The molecule has 94 valence electrons. The van der Waals surface area contributed by atoms with Crippen molar-refractivity contribution in [1.82, 2.24) is 9.80 Å². The van der Waals surface area contributed by atoms with Gasteiger partial charge in [0, 0.05) is 19.1 Å². The molecule has 0 saturated carbocycles. The fourth-order valence-electron chi connectivity index (χ4n) is 2.60. The van der Waals surface area contributed by atoms with Crippen LogP contribution in [0.25, 0.3) is 0 Å². The van der Waals surface area contributed by atoms with Gasteiger partial charge >= 0.3 is 0 Å². The number of rotatable bonds is 4. The van der Waals surface area contributed by atoms with Crippen molar-refractivity contribution in [3.63, 3.8) is 0 Å². The van der Waals surface area contributed by atoms with Gasteiger partial charge in [0.05, 0.1) is 0 Å². The molecular formula is C15H24N2. The van der Waals surface area contributed by atoms with E-state index in [4.69, 9.17) is 0 Å². The molecule has 1 atom stereocenters. The van der Waals surface area contributed by atoms with Gasteiger partial charge in [-0.2, -0.15) is 0 Å². The van der Waals surface area contributed by atoms with Gasteiger partial charge in [0.1, 0.15) is 0 Å². The lowest BCUT2D eigenvalue weighted by atomic mass is 9.88. The lowest BCUT2D eigenvalue weighted by Gasteiger charge is -2.33. The van der Waals surface area contributed by atoms with E-state index in [0.29, 0.717) is 0 Å². The van der Waals surface area contributed by atoms with Gasteiger partial charge in [0.15, 0.2) is 0 Å². The van der Waals surface area contributed by atoms with Crippen molar-refractivity contribution >= 4 is 0 Å². The van der Waals surface area contributed by atoms with Gasteiger partial charge < -0.3 is 9.80 Å². The van der Waals surface area contributed by atoms with Crippen LogP contribution >= 0.6 is 0 Å². The summed E-state index contributed by atoms with van der Waals surface area (Å²) < 4.78 is 0. The van der Waals surface area contributed by atoms with Crippen LogP contribution in [0.2, 0.25) is 0 Å². The van der Waals surface area contributed by atoms with Gasteiger partial charge in [-0.05, 0) is 51.5 Å². The second kappa shape index (κ2) is 5.65. The Morgan fingerprint density at radius 1 is 1.06 bits per heavy atom. The van der Waals surface area contributed by atoms with Crippen LogP contribution in [-0.4, -0.2) is 50.1 Å². The maximum Gasteiger partial charge on any atom is 0.0136 e. The van der Waals surface area contributed by atoms with E-state index in [2.05, 4.69) is 55.2 Å². The third kappa shape index (κ3) is 3.30. The molecule has 1 unspecified atom stereocenters. The Balaban J connectivity index is 1.93. The smallest absolute Gasteiger partial charge is 0.0136 e. The fourth-order valence-corrected chi connectivity index (χ4v) is 2.60. The SMILES string of the molecule is CN(C)CCN(C)C1CCc2ccccc2C1. The molecule has 0 spiro atoms. The van der Waals surface area contributed by atoms with Crippen molar-refractivity contribution in [1.29, 1.82) is 0 Å². The number of likely N-dealkylation sites (N-methyl/N-ethyl adjacent to an activating group) is 2. The minimum atomic E-state index is 0.727. The maximum absolute atomic E-state index is 2.52. The van der Waals surface area contributed by atoms with Gasteiger partial charge in [0.25, 0.3) is 0 Å². The van der Waals surface area contributed by atoms with Gasteiger partial charge in [0.2, 0.25) is 0 Å². The first-order valence-electron chi connectivity index (χ1n) is 6.58. The lowest BCUT2D eigenvalue weighted by molar-refractivity contribution is 0.201. The highest BCUT2D eigenvalue weighted by Crippen LogP contribution is 2.23. The summed E-state index contributed by atoms with van der Waals surface area (Å²) in [5.74, 6) is 0. The van der Waals surface area contributed by atoms with Crippen LogP contribution in [0.1, 0.15) is 17.5 Å². The van der Waals surface area contributed by atoms with E-state index in [1.54, 1.807) is 11.1 Å². The second-order valence-electron chi connectivity index (χ2n) is 5.45. The maximum atomic E-state index is 2.52. The quantitative estimate of drug-likeness (QED) is 0.784. The molecule has 1 aromatic rings. The number of aryl methyl sites for hydroxylation is 1. The highest BCUT2D eigenvalue weighted by Gasteiger charge is 2.21. The summed E-state index contributed by atoms with van der Waals surface area (Å²) in [7, 11) is 6.55. The first kappa shape index (κ1) is 12.6. The van der Waals surface area contributed by atoms with Crippen LogP contribution in [0.5, 0.6) is 0 Å². The molecule has 0 amide bonds. The minimum Gasteiger partial charge on any atom is -0.308 e. The molecule has 0 aromatic heterocycles. The lowest BCUT2D eigenvalue weighted by Crippen LogP contribution is -2.40. The highest BCUT2D eigenvalue weighted by molar-refractivity contribution is 5.30. The predicted molar refractivity (Wildman–Crippen MR) is 73.4 cm³/mol. The van der Waals surface area contributed by atoms with Crippen molar-refractivity contribution in [2.75, 3.05) is 34.2 Å². The van der Waals surface area contributed by atoms with E-state index in [1.165, 1.54) is 25.8 Å². The Labute approximate surface area is 105 Å². The molecule has 0 aliphatic heterocycles. The van der Waals surface area contributed by atoms with Crippen molar-refractivity contribution < 1.29 is 0 Å². The zero-order valence-corrected chi connectivity index (χ0v) is 11.3. The van der Waals surface area contributed by atoms with Crippen molar-refractivity contribution in [2.24, 2.45) is 0 Å². The monoisotopic (exact) mass is 232 g/mol. The molecule has 17 heavy (non-hydrogen) atoms. The van der Waals surface area contributed by atoms with Gasteiger partial charge in [-0.3, -0.25) is 0 Å². The Kier molecular flexibility index (Phi) is 4.19. The molecule has 2 nitrogen and oxygen atoms in total. The van der Waals surface area contributed by atoms with Crippen LogP contribution in [0, 0.1) is 0 Å². The van der Waals surface area contributed by atoms with E-state index >= 15 is 0 Å². The van der Waals surface area contributed by atoms with Crippen molar-refractivity contribution in [2.45, 2.75) is 25.3 Å². The Morgan fingerprint density at radius 3 is 2.47 bits per heavy atom. The van der Waals surface area contributed by atoms with Crippen molar-refractivity contribution in [3.05, 3.63) is 35.4 Å². The molecule has 0 N–H and O–H groups in total. The molecule has 2 heteroatoms. The first-order valence-corrected chi connectivity index (χ1v) is 6.58. The molecule has 0 fully saturated rings.